The Morgan fingerprint density at radius 1 is 1.59 bits per heavy atom. The number of aromatic amines is 1. The number of aryl methyl sites for hydroxylation is 2. The Kier molecular flexibility index (Phi) is 3.14. The molecule has 0 unspecified atom stereocenters. The van der Waals surface area contributed by atoms with E-state index in [-0.39, 0.29) is 5.91 Å². The van der Waals surface area contributed by atoms with Crippen molar-refractivity contribution in [3.8, 4) is 0 Å². The van der Waals surface area contributed by atoms with Crippen molar-refractivity contribution < 1.29 is 4.79 Å². The van der Waals surface area contributed by atoms with Crippen molar-refractivity contribution in [1.29, 1.82) is 0 Å². The number of thiophene rings is 1. The summed E-state index contributed by atoms with van der Waals surface area (Å²) in [6, 6.07) is 1.71. The summed E-state index contributed by atoms with van der Waals surface area (Å²) in [6.07, 6.45) is 1.71. The third kappa shape index (κ3) is 2.47. The summed E-state index contributed by atoms with van der Waals surface area (Å²) < 4.78 is 0. The Balaban J connectivity index is 2.00. The molecule has 0 saturated carbocycles. The Morgan fingerprint density at radius 2 is 2.35 bits per heavy atom. The summed E-state index contributed by atoms with van der Waals surface area (Å²) in [7, 11) is 0. The largest absolute Gasteiger partial charge is 0.398 e. The van der Waals surface area contributed by atoms with Crippen molar-refractivity contribution >= 4 is 22.9 Å². The molecule has 5 nitrogen and oxygen atoms in total. The molecule has 1 amide bonds. The van der Waals surface area contributed by atoms with E-state index in [1.165, 1.54) is 11.3 Å². The van der Waals surface area contributed by atoms with E-state index < -0.39 is 0 Å². The third-order valence-electron chi connectivity index (χ3n) is 2.55. The molecular formula is C11H14N4OS. The van der Waals surface area contributed by atoms with Crippen LogP contribution in [-0.2, 0) is 6.54 Å². The molecule has 17 heavy (non-hydrogen) atoms. The Labute approximate surface area is 103 Å². The lowest BCUT2D eigenvalue weighted by atomic mass is 10.2. The number of H-pyrrole nitrogens is 1. The molecule has 0 aromatic carbocycles. The van der Waals surface area contributed by atoms with E-state index in [9.17, 15) is 4.79 Å². The van der Waals surface area contributed by atoms with Gasteiger partial charge in [-0.1, -0.05) is 0 Å². The van der Waals surface area contributed by atoms with E-state index in [2.05, 4.69) is 15.5 Å². The first-order valence-corrected chi connectivity index (χ1v) is 6.02. The summed E-state index contributed by atoms with van der Waals surface area (Å²) in [5.74, 6) is -0.101. The van der Waals surface area contributed by atoms with Gasteiger partial charge in [0.05, 0.1) is 11.1 Å². The summed E-state index contributed by atoms with van der Waals surface area (Å²) >= 11 is 1.40. The molecule has 2 aromatic heterocycles. The number of anilines is 1. The lowest BCUT2D eigenvalue weighted by molar-refractivity contribution is 0.0955. The molecule has 0 aliphatic heterocycles. The van der Waals surface area contributed by atoms with Gasteiger partial charge in [-0.05, 0) is 19.9 Å². The van der Waals surface area contributed by atoms with Gasteiger partial charge < -0.3 is 11.1 Å². The van der Waals surface area contributed by atoms with E-state index in [1.54, 1.807) is 12.3 Å². The van der Waals surface area contributed by atoms with Crippen LogP contribution < -0.4 is 11.1 Å². The van der Waals surface area contributed by atoms with Gasteiger partial charge in [0.2, 0.25) is 0 Å². The van der Waals surface area contributed by atoms with Gasteiger partial charge in [0, 0.05) is 28.4 Å². The van der Waals surface area contributed by atoms with Gasteiger partial charge in [-0.3, -0.25) is 9.89 Å². The minimum absolute atomic E-state index is 0.101. The average Bonchev–Trinajstić information content (AvgIpc) is 2.83. The van der Waals surface area contributed by atoms with E-state index in [0.29, 0.717) is 17.1 Å². The first kappa shape index (κ1) is 11.7. The number of hydrogen-bond donors (Lipinski definition) is 3. The van der Waals surface area contributed by atoms with Crippen molar-refractivity contribution in [1.82, 2.24) is 15.5 Å². The number of nitrogens with zero attached hydrogens (tertiary/aromatic N) is 1. The molecule has 0 spiro atoms. The molecule has 0 aliphatic carbocycles. The van der Waals surface area contributed by atoms with Crippen LogP contribution >= 0.6 is 11.3 Å². The van der Waals surface area contributed by atoms with Gasteiger partial charge in [0.25, 0.3) is 5.91 Å². The first-order valence-electron chi connectivity index (χ1n) is 5.21. The zero-order chi connectivity index (χ0) is 12.4. The minimum atomic E-state index is -0.101. The molecule has 2 heterocycles. The van der Waals surface area contributed by atoms with Gasteiger partial charge in [-0.15, -0.1) is 11.3 Å². The minimum Gasteiger partial charge on any atom is -0.398 e. The molecule has 2 aromatic rings. The highest BCUT2D eigenvalue weighted by Crippen LogP contribution is 2.23. The van der Waals surface area contributed by atoms with Gasteiger partial charge in [0.1, 0.15) is 0 Å². The van der Waals surface area contributed by atoms with Crippen molar-refractivity contribution in [2.24, 2.45) is 0 Å². The van der Waals surface area contributed by atoms with Crippen LogP contribution in [0.25, 0.3) is 0 Å². The number of amides is 1. The van der Waals surface area contributed by atoms with E-state index >= 15 is 0 Å². The Morgan fingerprint density at radius 3 is 2.88 bits per heavy atom. The highest BCUT2D eigenvalue weighted by atomic mass is 32.1. The Bertz CT molecular complexity index is 524. The van der Waals surface area contributed by atoms with Crippen LogP contribution in [0.1, 0.15) is 25.8 Å². The number of nitrogen functional groups attached to an aromatic ring is 1. The van der Waals surface area contributed by atoms with E-state index in [1.807, 2.05) is 13.8 Å². The predicted octanol–water partition coefficient (Wildman–Crippen LogP) is 1.60. The van der Waals surface area contributed by atoms with E-state index in [4.69, 9.17) is 5.73 Å². The molecule has 6 heteroatoms. The van der Waals surface area contributed by atoms with Crippen LogP contribution in [0.15, 0.2) is 12.3 Å². The molecule has 2 rings (SSSR count). The molecule has 0 fully saturated rings. The highest BCUT2D eigenvalue weighted by Gasteiger charge is 2.11. The van der Waals surface area contributed by atoms with Gasteiger partial charge in [-0.25, -0.2) is 0 Å². The molecule has 0 aliphatic rings. The molecular weight excluding hydrogens is 236 g/mol. The average molecular weight is 250 g/mol. The maximum Gasteiger partial charge on any atom is 0.261 e. The summed E-state index contributed by atoms with van der Waals surface area (Å²) in [6.45, 7) is 4.29. The molecule has 90 valence electrons. The van der Waals surface area contributed by atoms with Crippen LogP contribution in [0.3, 0.4) is 0 Å². The lowest BCUT2D eigenvalue weighted by Gasteiger charge is -2.01. The quantitative estimate of drug-likeness (QED) is 0.773. The second-order valence-electron chi connectivity index (χ2n) is 3.83. The fourth-order valence-corrected chi connectivity index (χ4v) is 2.28. The number of nitrogens with one attached hydrogen (secondary N) is 2. The maximum absolute atomic E-state index is 11.8. The topological polar surface area (TPSA) is 83.8 Å². The monoisotopic (exact) mass is 250 g/mol. The molecule has 0 atom stereocenters. The second-order valence-corrected chi connectivity index (χ2v) is 5.08. The summed E-state index contributed by atoms with van der Waals surface area (Å²) in [4.78, 5) is 13.4. The number of carbonyl (C=O) groups is 1. The number of rotatable bonds is 3. The zero-order valence-corrected chi connectivity index (χ0v) is 10.5. The van der Waals surface area contributed by atoms with Crippen LogP contribution in [0, 0.1) is 13.8 Å². The van der Waals surface area contributed by atoms with Crippen LogP contribution in [0.4, 0.5) is 5.69 Å². The molecule has 4 N–H and O–H groups in total. The summed E-state index contributed by atoms with van der Waals surface area (Å²) in [5.41, 5.74) is 8.33. The maximum atomic E-state index is 11.8. The fraction of sp³-hybridized carbons (Fsp3) is 0.273. The van der Waals surface area contributed by atoms with Crippen LogP contribution in [0.2, 0.25) is 0 Å². The van der Waals surface area contributed by atoms with Crippen LogP contribution in [-0.4, -0.2) is 16.1 Å². The second kappa shape index (κ2) is 4.58. The van der Waals surface area contributed by atoms with Gasteiger partial charge in [-0.2, -0.15) is 5.10 Å². The highest BCUT2D eigenvalue weighted by molar-refractivity contribution is 7.14. The smallest absolute Gasteiger partial charge is 0.261 e. The number of hydrogen-bond acceptors (Lipinski definition) is 4. The zero-order valence-electron chi connectivity index (χ0n) is 9.70. The van der Waals surface area contributed by atoms with Gasteiger partial charge in [0.15, 0.2) is 0 Å². The third-order valence-corrected chi connectivity index (χ3v) is 3.62. The molecule has 0 bridgehead atoms. The normalized spacial score (nSPS) is 10.5. The number of aromatic nitrogens is 2. The summed E-state index contributed by atoms with van der Waals surface area (Å²) in [5, 5.41) is 9.56. The number of nitrogens with two attached hydrogens (primary N) is 1. The first-order chi connectivity index (χ1) is 8.08. The van der Waals surface area contributed by atoms with E-state index in [0.717, 1.165) is 16.1 Å². The molecule has 0 radical (unpaired) electrons. The van der Waals surface area contributed by atoms with Crippen molar-refractivity contribution in [3.05, 3.63) is 33.3 Å². The SMILES string of the molecule is Cc1[nH]ncc1CNC(=O)c1cc(N)c(C)s1. The molecule has 0 saturated heterocycles. The van der Waals surface area contributed by atoms with Gasteiger partial charge >= 0.3 is 0 Å². The standard InChI is InChI=1S/C11H14N4OS/c1-6-8(5-14-15-6)4-13-11(16)10-3-9(12)7(2)17-10/h3,5H,4,12H2,1-2H3,(H,13,16)(H,14,15). The van der Waals surface area contributed by atoms with Crippen molar-refractivity contribution in [2.75, 3.05) is 5.73 Å². The number of carbonyl (C=O) groups excluding carboxylic acids is 1. The lowest BCUT2D eigenvalue weighted by Crippen LogP contribution is -2.21. The predicted molar refractivity (Wildman–Crippen MR) is 68.0 cm³/mol. The Hall–Kier alpha value is -1.82. The van der Waals surface area contributed by atoms with Crippen LogP contribution in [0.5, 0.6) is 0 Å². The fourth-order valence-electron chi connectivity index (χ4n) is 1.42. The van der Waals surface area contributed by atoms with Crippen molar-refractivity contribution in [2.45, 2.75) is 20.4 Å². The van der Waals surface area contributed by atoms with Crippen molar-refractivity contribution in [3.63, 3.8) is 0 Å².